The van der Waals surface area contributed by atoms with Gasteiger partial charge >= 0.3 is 0 Å². The molecule has 0 atom stereocenters. The standard InChI is InChI=1S/C27H33N5O3S/c1-18(2)24-16-21(20-8-6-5-7-9-20)17-25(19(3)4)32(24)15-14-26(33)30-22-10-12-23(13-11-22)36(34,35)31-27(28)29/h5-13,16-19H,14-15H2,1-4H3,(H4-,28,29,30,31,33)/p+1. The van der Waals surface area contributed by atoms with Gasteiger partial charge in [0.15, 0.2) is 17.9 Å². The molecule has 1 amide bonds. The highest BCUT2D eigenvalue weighted by molar-refractivity contribution is 7.90. The van der Waals surface area contributed by atoms with Crippen LogP contribution in [0.4, 0.5) is 5.69 Å². The average molecular weight is 509 g/mol. The predicted molar refractivity (Wildman–Crippen MR) is 143 cm³/mol. The lowest BCUT2D eigenvalue weighted by Crippen LogP contribution is -2.45. The molecule has 1 heterocycles. The van der Waals surface area contributed by atoms with E-state index in [4.69, 9.17) is 11.5 Å². The Hall–Kier alpha value is -3.72. The van der Waals surface area contributed by atoms with Crippen molar-refractivity contribution in [1.82, 2.24) is 0 Å². The molecule has 0 aliphatic carbocycles. The number of hydrogen-bond acceptors (Lipinski definition) is 3. The summed E-state index contributed by atoms with van der Waals surface area (Å²) in [6.45, 7) is 9.15. The maximum absolute atomic E-state index is 12.8. The Morgan fingerprint density at radius 3 is 1.94 bits per heavy atom. The average Bonchev–Trinajstić information content (AvgIpc) is 2.82. The van der Waals surface area contributed by atoms with Gasteiger partial charge < -0.3 is 16.8 Å². The molecule has 0 aliphatic heterocycles. The quantitative estimate of drug-likeness (QED) is 0.229. The highest BCUT2D eigenvalue weighted by atomic mass is 32.2. The molecule has 0 radical (unpaired) electrons. The summed E-state index contributed by atoms with van der Waals surface area (Å²) in [7, 11) is -3.98. The van der Waals surface area contributed by atoms with E-state index in [1.165, 1.54) is 41.2 Å². The summed E-state index contributed by atoms with van der Waals surface area (Å²) in [6, 6.07) is 20.4. The number of aromatic nitrogens is 1. The Balaban J connectivity index is 1.79. The van der Waals surface area contributed by atoms with Gasteiger partial charge in [-0.15, -0.1) is 4.40 Å². The normalized spacial score (nSPS) is 11.5. The Kier molecular flexibility index (Phi) is 8.47. The molecule has 2 aromatic carbocycles. The van der Waals surface area contributed by atoms with Gasteiger partial charge in [0.05, 0.1) is 11.3 Å². The van der Waals surface area contributed by atoms with Crippen LogP contribution in [0.2, 0.25) is 0 Å². The van der Waals surface area contributed by atoms with Crippen LogP contribution in [-0.4, -0.2) is 20.3 Å². The third-order valence-electron chi connectivity index (χ3n) is 5.74. The molecule has 3 aromatic rings. The van der Waals surface area contributed by atoms with Crippen molar-refractivity contribution in [3.63, 3.8) is 0 Å². The first-order chi connectivity index (χ1) is 17.0. The number of sulfonamides is 1. The number of nitrogens with one attached hydrogen (secondary N) is 1. The van der Waals surface area contributed by atoms with Crippen LogP contribution in [0.15, 0.2) is 76.0 Å². The highest BCUT2D eigenvalue weighted by Gasteiger charge is 2.24. The van der Waals surface area contributed by atoms with E-state index < -0.39 is 16.0 Å². The van der Waals surface area contributed by atoms with Crippen molar-refractivity contribution in [1.29, 1.82) is 0 Å². The molecule has 36 heavy (non-hydrogen) atoms. The topological polar surface area (TPSA) is 132 Å². The van der Waals surface area contributed by atoms with Crippen molar-refractivity contribution < 1.29 is 17.8 Å². The summed E-state index contributed by atoms with van der Waals surface area (Å²) in [4.78, 5) is 12.7. The van der Waals surface area contributed by atoms with Gasteiger partial charge in [0.25, 0.3) is 10.0 Å². The van der Waals surface area contributed by atoms with Crippen molar-refractivity contribution in [3.8, 4) is 11.1 Å². The highest BCUT2D eigenvalue weighted by Crippen LogP contribution is 2.26. The van der Waals surface area contributed by atoms with E-state index in [1.54, 1.807) is 0 Å². The fourth-order valence-corrected chi connectivity index (χ4v) is 4.88. The lowest BCUT2D eigenvalue weighted by molar-refractivity contribution is -0.712. The lowest BCUT2D eigenvalue weighted by atomic mass is 9.97. The molecule has 0 saturated heterocycles. The van der Waals surface area contributed by atoms with Gasteiger partial charge in [-0.2, -0.15) is 13.0 Å². The van der Waals surface area contributed by atoms with E-state index in [-0.39, 0.29) is 29.1 Å². The van der Waals surface area contributed by atoms with Crippen molar-refractivity contribution in [2.75, 3.05) is 5.32 Å². The number of guanidine groups is 1. The van der Waals surface area contributed by atoms with Gasteiger partial charge in [-0.3, -0.25) is 4.79 Å². The molecule has 0 bridgehead atoms. The molecule has 190 valence electrons. The molecule has 5 N–H and O–H groups in total. The third kappa shape index (κ3) is 6.69. The van der Waals surface area contributed by atoms with Crippen molar-refractivity contribution >= 4 is 27.6 Å². The molecule has 0 saturated carbocycles. The number of anilines is 1. The van der Waals surface area contributed by atoms with E-state index in [0.29, 0.717) is 12.2 Å². The Labute approximate surface area is 213 Å². The second-order valence-corrected chi connectivity index (χ2v) is 10.8. The zero-order valence-electron chi connectivity index (χ0n) is 21.1. The van der Waals surface area contributed by atoms with Gasteiger partial charge in [-0.1, -0.05) is 58.0 Å². The third-order valence-corrected chi connectivity index (χ3v) is 7.06. The maximum Gasteiger partial charge on any atom is 0.285 e. The fraction of sp³-hybridized carbons (Fsp3) is 0.296. The lowest BCUT2D eigenvalue weighted by Gasteiger charge is -2.16. The van der Waals surface area contributed by atoms with Gasteiger partial charge in [0.1, 0.15) is 0 Å². The second kappa shape index (κ2) is 11.3. The molecular weight excluding hydrogens is 474 g/mol. The minimum Gasteiger partial charge on any atom is -0.369 e. The maximum atomic E-state index is 12.8. The number of pyridine rings is 1. The first-order valence-electron chi connectivity index (χ1n) is 11.9. The second-order valence-electron chi connectivity index (χ2n) is 9.23. The van der Waals surface area contributed by atoms with E-state index in [0.717, 1.165) is 5.56 Å². The number of carbonyl (C=O) groups is 1. The Bertz CT molecular complexity index is 1320. The summed E-state index contributed by atoms with van der Waals surface area (Å²) in [5, 5.41) is 2.83. The van der Waals surface area contributed by atoms with E-state index in [1.807, 2.05) is 18.2 Å². The zero-order valence-corrected chi connectivity index (χ0v) is 21.9. The van der Waals surface area contributed by atoms with Crippen molar-refractivity contribution in [2.45, 2.75) is 57.4 Å². The van der Waals surface area contributed by atoms with E-state index in [2.05, 4.69) is 66.2 Å². The number of amides is 1. The predicted octanol–water partition coefficient (Wildman–Crippen LogP) is 3.88. The molecule has 3 rings (SSSR count). The van der Waals surface area contributed by atoms with Gasteiger partial charge in [-0.05, 0) is 35.4 Å². The summed E-state index contributed by atoms with van der Waals surface area (Å²) in [6.07, 6.45) is 0.267. The summed E-state index contributed by atoms with van der Waals surface area (Å²) in [5.74, 6) is -0.162. The van der Waals surface area contributed by atoms with E-state index >= 15 is 0 Å². The molecule has 8 nitrogen and oxygen atoms in total. The number of nitrogens with two attached hydrogens (primary N) is 2. The molecule has 0 unspecified atom stereocenters. The SMILES string of the molecule is CC(C)c1cc(-c2ccccc2)cc(C(C)C)[n+]1CCC(=O)Nc1ccc(S(=O)(=O)N=C(N)N)cc1. The van der Waals surface area contributed by atoms with Crippen LogP contribution in [0.25, 0.3) is 11.1 Å². The monoisotopic (exact) mass is 508 g/mol. The fourth-order valence-electron chi connectivity index (χ4n) is 4.02. The minimum absolute atomic E-state index is 0.0638. The number of nitrogens with zero attached hydrogens (tertiary/aromatic N) is 2. The van der Waals surface area contributed by atoms with Crippen LogP contribution in [-0.2, 0) is 21.4 Å². The van der Waals surface area contributed by atoms with Crippen LogP contribution in [0.3, 0.4) is 0 Å². The van der Waals surface area contributed by atoms with Gasteiger partial charge in [0, 0.05) is 29.7 Å². The summed E-state index contributed by atoms with van der Waals surface area (Å²) in [5.41, 5.74) is 15.5. The van der Waals surface area contributed by atoms with Crippen molar-refractivity contribution in [2.24, 2.45) is 15.9 Å². The largest absolute Gasteiger partial charge is 0.369 e. The number of hydrogen-bond donors (Lipinski definition) is 3. The molecule has 1 aromatic heterocycles. The molecule has 0 spiro atoms. The number of rotatable bonds is 9. The Morgan fingerprint density at radius 1 is 0.889 bits per heavy atom. The zero-order chi connectivity index (χ0) is 26.5. The van der Waals surface area contributed by atoms with Gasteiger partial charge in [0.2, 0.25) is 11.9 Å². The molecule has 9 heteroatoms. The molecule has 0 fully saturated rings. The van der Waals surface area contributed by atoms with E-state index in [9.17, 15) is 13.2 Å². The van der Waals surface area contributed by atoms with Crippen LogP contribution >= 0.6 is 0 Å². The smallest absolute Gasteiger partial charge is 0.285 e. The van der Waals surface area contributed by atoms with Crippen LogP contribution in [0.1, 0.15) is 57.3 Å². The molecular formula is C27H34N5O3S+. The number of carbonyl (C=O) groups excluding carboxylic acids is 1. The molecule has 0 aliphatic rings. The van der Waals surface area contributed by atoms with Crippen LogP contribution in [0, 0.1) is 0 Å². The summed E-state index contributed by atoms with van der Waals surface area (Å²) < 4.78 is 29.7. The summed E-state index contributed by atoms with van der Waals surface area (Å²) >= 11 is 0. The Morgan fingerprint density at radius 2 is 1.44 bits per heavy atom. The van der Waals surface area contributed by atoms with Gasteiger partial charge in [-0.25, -0.2) is 0 Å². The van der Waals surface area contributed by atoms with Crippen LogP contribution in [0.5, 0.6) is 0 Å². The number of benzene rings is 2. The minimum atomic E-state index is -3.98. The van der Waals surface area contributed by atoms with Crippen molar-refractivity contribution in [3.05, 3.63) is 78.1 Å². The first-order valence-corrected chi connectivity index (χ1v) is 13.3. The first kappa shape index (κ1) is 26.9. The van der Waals surface area contributed by atoms with Crippen LogP contribution < -0.4 is 21.4 Å².